The highest BCUT2D eigenvalue weighted by atomic mass is 32.1. The van der Waals surface area contributed by atoms with Crippen LogP contribution in [0.25, 0.3) is 0 Å². The number of ether oxygens (including phenoxy) is 1. The molecule has 3 aromatic rings. The van der Waals surface area contributed by atoms with Crippen molar-refractivity contribution >= 4 is 28.8 Å². The van der Waals surface area contributed by atoms with E-state index in [1.807, 2.05) is 13.0 Å². The minimum absolute atomic E-state index is 0.280. The van der Waals surface area contributed by atoms with E-state index < -0.39 is 17.8 Å². The van der Waals surface area contributed by atoms with Crippen LogP contribution in [0.5, 0.6) is 0 Å². The molecule has 0 spiro atoms. The molecular weight excluding hydrogens is 417 g/mol. The van der Waals surface area contributed by atoms with Gasteiger partial charge in [0.2, 0.25) is 5.91 Å². The Balaban J connectivity index is 2.14. The van der Waals surface area contributed by atoms with Gasteiger partial charge >= 0.3 is 0 Å². The lowest BCUT2D eigenvalue weighted by atomic mass is 10.0. The third-order valence-corrected chi connectivity index (χ3v) is 5.69. The minimum atomic E-state index is -1.01. The summed E-state index contributed by atoms with van der Waals surface area (Å²) < 4.78 is 19.1. The van der Waals surface area contributed by atoms with Crippen molar-refractivity contribution < 1.29 is 18.7 Å². The normalized spacial score (nSPS) is 11.7. The summed E-state index contributed by atoms with van der Waals surface area (Å²) in [5.74, 6) is -1.30. The van der Waals surface area contributed by atoms with E-state index in [9.17, 15) is 14.0 Å². The van der Waals surface area contributed by atoms with Crippen molar-refractivity contribution in [3.05, 3.63) is 81.6 Å². The maximum absolute atomic E-state index is 14.1. The van der Waals surface area contributed by atoms with Crippen LogP contribution in [0.3, 0.4) is 0 Å². The highest BCUT2D eigenvalue weighted by Crippen LogP contribution is 2.32. The number of benzene rings is 2. The molecule has 1 heterocycles. The number of rotatable bonds is 8. The van der Waals surface area contributed by atoms with Gasteiger partial charge in [-0.3, -0.25) is 14.5 Å². The second-order valence-electron chi connectivity index (χ2n) is 6.90. The third kappa shape index (κ3) is 5.34. The van der Waals surface area contributed by atoms with E-state index in [0.29, 0.717) is 22.7 Å². The van der Waals surface area contributed by atoms with Gasteiger partial charge in [-0.15, -0.1) is 11.3 Å². The largest absolute Gasteiger partial charge is 0.383 e. The number of carbonyl (C=O) groups excluding carboxylic acids is 2. The summed E-state index contributed by atoms with van der Waals surface area (Å²) in [7, 11) is 1.54. The van der Waals surface area contributed by atoms with E-state index >= 15 is 0 Å². The van der Waals surface area contributed by atoms with Crippen molar-refractivity contribution in [3.63, 3.8) is 0 Å². The molecule has 0 aliphatic carbocycles. The fourth-order valence-corrected chi connectivity index (χ4v) is 4.13. The molecule has 0 saturated heterocycles. The molecule has 1 atom stereocenters. The summed E-state index contributed by atoms with van der Waals surface area (Å²) in [6.07, 6.45) is 0. The van der Waals surface area contributed by atoms with Crippen molar-refractivity contribution in [3.8, 4) is 0 Å². The summed E-state index contributed by atoms with van der Waals surface area (Å²) in [5, 5.41) is 3.55. The Kier molecular flexibility index (Phi) is 7.49. The molecule has 0 radical (unpaired) electrons. The van der Waals surface area contributed by atoms with Crippen LogP contribution in [0.15, 0.2) is 54.6 Å². The third-order valence-electron chi connectivity index (χ3n) is 4.63. The van der Waals surface area contributed by atoms with Gasteiger partial charge in [0.1, 0.15) is 16.7 Å². The van der Waals surface area contributed by atoms with Gasteiger partial charge in [0.25, 0.3) is 5.91 Å². The van der Waals surface area contributed by atoms with E-state index in [2.05, 4.69) is 10.3 Å². The number of aromatic nitrogens is 1. The SMILES string of the molecule is COCCNC(=O)[C@@H](c1ccccc1)N(C(=O)c1sc(C)nc1C)c1cccc(F)c1. The molecule has 3 rings (SSSR count). The Labute approximate surface area is 184 Å². The molecule has 162 valence electrons. The zero-order chi connectivity index (χ0) is 22.4. The van der Waals surface area contributed by atoms with Gasteiger partial charge in [-0.2, -0.15) is 0 Å². The van der Waals surface area contributed by atoms with Gasteiger partial charge in [0, 0.05) is 19.3 Å². The quantitative estimate of drug-likeness (QED) is 0.536. The van der Waals surface area contributed by atoms with Gasteiger partial charge in [0.15, 0.2) is 0 Å². The number of anilines is 1. The number of nitrogens with one attached hydrogen (secondary N) is 1. The first-order valence-electron chi connectivity index (χ1n) is 9.77. The van der Waals surface area contributed by atoms with Gasteiger partial charge in [-0.1, -0.05) is 36.4 Å². The second kappa shape index (κ2) is 10.3. The Morgan fingerprint density at radius 1 is 1.16 bits per heavy atom. The highest BCUT2D eigenvalue weighted by Gasteiger charge is 2.35. The number of hydrogen-bond donors (Lipinski definition) is 1. The summed E-state index contributed by atoms with van der Waals surface area (Å²) in [6.45, 7) is 4.17. The fraction of sp³-hybridized carbons (Fsp3) is 0.261. The average Bonchev–Trinajstić information content (AvgIpc) is 3.10. The summed E-state index contributed by atoms with van der Waals surface area (Å²) in [4.78, 5) is 33.1. The molecule has 0 bridgehead atoms. The molecule has 0 aliphatic rings. The lowest BCUT2D eigenvalue weighted by Crippen LogP contribution is -2.44. The zero-order valence-electron chi connectivity index (χ0n) is 17.6. The minimum Gasteiger partial charge on any atom is -0.383 e. The molecular formula is C23H24FN3O3S. The van der Waals surface area contributed by atoms with E-state index in [1.54, 1.807) is 37.3 Å². The monoisotopic (exact) mass is 441 g/mol. The van der Waals surface area contributed by atoms with E-state index in [1.165, 1.54) is 41.5 Å². The number of aryl methyl sites for hydroxylation is 2. The summed E-state index contributed by atoms with van der Waals surface area (Å²) in [6, 6.07) is 13.6. The Morgan fingerprint density at radius 3 is 2.52 bits per heavy atom. The number of hydrogen-bond acceptors (Lipinski definition) is 5. The molecule has 31 heavy (non-hydrogen) atoms. The first kappa shape index (κ1) is 22.6. The topological polar surface area (TPSA) is 71.5 Å². The van der Waals surface area contributed by atoms with E-state index in [-0.39, 0.29) is 18.1 Å². The van der Waals surface area contributed by atoms with Crippen LogP contribution >= 0.6 is 11.3 Å². The van der Waals surface area contributed by atoms with Crippen LogP contribution in [0.2, 0.25) is 0 Å². The van der Waals surface area contributed by atoms with Crippen molar-refractivity contribution in [2.75, 3.05) is 25.2 Å². The number of halogens is 1. The Bertz CT molecular complexity index is 1060. The van der Waals surface area contributed by atoms with Crippen molar-refractivity contribution in [1.82, 2.24) is 10.3 Å². The standard InChI is InChI=1S/C23H24FN3O3S/c1-15-21(31-16(2)26-15)23(29)27(19-11-7-10-18(24)14-19)20(17-8-5-4-6-9-17)22(28)25-12-13-30-3/h4-11,14,20H,12-13H2,1-3H3,(H,25,28)/t20-/m1/s1. The summed E-state index contributed by atoms with van der Waals surface area (Å²) in [5.41, 5.74) is 1.46. The van der Waals surface area contributed by atoms with Crippen LogP contribution in [0, 0.1) is 19.7 Å². The molecule has 0 saturated carbocycles. The average molecular weight is 442 g/mol. The van der Waals surface area contributed by atoms with Crippen molar-refractivity contribution in [2.45, 2.75) is 19.9 Å². The molecule has 1 N–H and O–H groups in total. The lowest BCUT2D eigenvalue weighted by molar-refractivity contribution is -0.122. The fourth-order valence-electron chi connectivity index (χ4n) is 3.27. The molecule has 8 heteroatoms. The molecule has 0 aliphatic heterocycles. The Hall–Kier alpha value is -3.10. The number of thiazole rings is 1. The number of amides is 2. The highest BCUT2D eigenvalue weighted by molar-refractivity contribution is 7.13. The zero-order valence-corrected chi connectivity index (χ0v) is 18.4. The van der Waals surface area contributed by atoms with E-state index in [0.717, 1.165) is 5.01 Å². The molecule has 0 unspecified atom stereocenters. The molecule has 6 nitrogen and oxygen atoms in total. The first-order valence-corrected chi connectivity index (χ1v) is 10.6. The lowest BCUT2D eigenvalue weighted by Gasteiger charge is -2.31. The predicted molar refractivity (Wildman–Crippen MR) is 119 cm³/mol. The molecule has 2 aromatic carbocycles. The summed E-state index contributed by atoms with van der Waals surface area (Å²) >= 11 is 1.25. The van der Waals surface area contributed by atoms with E-state index in [4.69, 9.17) is 4.74 Å². The number of nitrogens with zero attached hydrogens (tertiary/aromatic N) is 2. The van der Waals surface area contributed by atoms with Gasteiger partial charge in [-0.25, -0.2) is 9.37 Å². The van der Waals surface area contributed by atoms with Gasteiger partial charge in [-0.05, 0) is 37.6 Å². The van der Waals surface area contributed by atoms with Crippen LogP contribution in [-0.4, -0.2) is 37.1 Å². The van der Waals surface area contributed by atoms with Crippen LogP contribution in [-0.2, 0) is 9.53 Å². The maximum atomic E-state index is 14.1. The number of methoxy groups -OCH3 is 1. The first-order chi connectivity index (χ1) is 14.9. The van der Waals surface area contributed by atoms with Crippen LogP contribution in [0.1, 0.15) is 32.0 Å². The van der Waals surface area contributed by atoms with Crippen molar-refractivity contribution in [1.29, 1.82) is 0 Å². The number of carbonyl (C=O) groups is 2. The van der Waals surface area contributed by atoms with Crippen LogP contribution in [0.4, 0.5) is 10.1 Å². The molecule has 2 amide bonds. The van der Waals surface area contributed by atoms with Gasteiger partial charge < -0.3 is 10.1 Å². The Morgan fingerprint density at radius 2 is 1.90 bits per heavy atom. The van der Waals surface area contributed by atoms with Crippen molar-refractivity contribution in [2.24, 2.45) is 0 Å². The smallest absolute Gasteiger partial charge is 0.271 e. The van der Waals surface area contributed by atoms with Gasteiger partial charge in [0.05, 0.1) is 17.3 Å². The maximum Gasteiger partial charge on any atom is 0.271 e. The van der Waals surface area contributed by atoms with Crippen LogP contribution < -0.4 is 10.2 Å². The molecule has 1 aromatic heterocycles. The molecule has 0 fully saturated rings. The second-order valence-corrected chi connectivity index (χ2v) is 8.10. The predicted octanol–water partition coefficient (Wildman–Crippen LogP) is 4.05.